The number of hydrogen-bond donors (Lipinski definition) is 1. The van der Waals surface area contributed by atoms with E-state index in [4.69, 9.17) is 0 Å². The second-order valence-electron chi connectivity index (χ2n) is 8.20. The molecular formula is C25H23FN4O2S. The summed E-state index contributed by atoms with van der Waals surface area (Å²) in [5, 5.41) is 4.88. The first kappa shape index (κ1) is 21.5. The quantitative estimate of drug-likeness (QED) is 0.478. The highest BCUT2D eigenvalue weighted by atomic mass is 32.1. The molecule has 1 unspecified atom stereocenters. The van der Waals surface area contributed by atoms with Crippen LogP contribution < -0.4 is 10.9 Å². The summed E-state index contributed by atoms with van der Waals surface area (Å²) >= 11 is 1.41. The summed E-state index contributed by atoms with van der Waals surface area (Å²) in [6, 6.07) is 15.6. The third-order valence-electron chi connectivity index (χ3n) is 6.00. The van der Waals surface area contributed by atoms with Gasteiger partial charge in [0.15, 0.2) is 4.96 Å². The first-order valence-electron chi connectivity index (χ1n) is 10.9. The van der Waals surface area contributed by atoms with Gasteiger partial charge in [0.25, 0.3) is 5.56 Å². The van der Waals surface area contributed by atoms with Gasteiger partial charge in [0.05, 0.1) is 11.7 Å². The van der Waals surface area contributed by atoms with E-state index in [1.165, 1.54) is 33.4 Å². The summed E-state index contributed by atoms with van der Waals surface area (Å²) in [7, 11) is 0. The molecule has 0 fully saturated rings. The van der Waals surface area contributed by atoms with Crippen LogP contribution in [0.2, 0.25) is 0 Å². The molecule has 2 aromatic carbocycles. The first-order valence-corrected chi connectivity index (χ1v) is 11.7. The Hall–Kier alpha value is -3.36. The largest absolute Gasteiger partial charge is 0.354 e. The minimum atomic E-state index is -0.364. The van der Waals surface area contributed by atoms with Crippen LogP contribution in [0.4, 0.5) is 4.39 Å². The van der Waals surface area contributed by atoms with E-state index in [0.29, 0.717) is 43.1 Å². The van der Waals surface area contributed by atoms with Gasteiger partial charge in [-0.2, -0.15) is 0 Å². The highest BCUT2D eigenvalue weighted by molar-refractivity contribution is 7.15. The molecule has 5 rings (SSSR count). The minimum Gasteiger partial charge on any atom is -0.354 e. The average molecular weight is 463 g/mol. The Morgan fingerprint density at radius 1 is 1.15 bits per heavy atom. The van der Waals surface area contributed by atoms with Crippen molar-refractivity contribution < 1.29 is 9.18 Å². The van der Waals surface area contributed by atoms with Gasteiger partial charge in [-0.15, -0.1) is 11.3 Å². The van der Waals surface area contributed by atoms with Gasteiger partial charge in [-0.1, -0.05) is 36.4 Å². The molecule has 0 aliphatic carbocycles. The lowest BCUT2D eigenvalue weighted by molar-refractivity contribution is -0.127. The fourth-order valence-corrected chi connectivity index (χ4v) is 5.02. The van der Waals surface area contributed by atoms with Gasteiger partial charge < -0.3 is 5.32 Å². The number of aromatic nitrogens is 2. The molecule has 4 aromatic rings. The Morgan fingerprint density at radius 2 is 1.94 bits per heavy atom. The molecule has 1 aliphatic heterocycles. The SMILES string of the molecule is O=C(NCCc1ccc(F)cc1)C1Cc2ccccc2CN1Cc1cc(=O)n2ccsc2n1. The molecule has 8 heteroatoms. The summed E-state index contributed by atoms with van der Waals surface area (Å²) in [4.78, 5) is 33.0. The van der Waals surface area contributed by atoms with Crippen LogP contribution in [0.5, 0.6) is 0 Å². The number of fused-ring (bicyclic) bond motifs is 2. The summed E-state index contributed by atoms with van der Waals surface area (Å²) in [6.07, 6.45) is 2.94. The molecule has 1 atom stereocenters. The van der Waals surface area contributed by atoms with Crippen molar-refractivity contribution in [3.63, 3.8) is 0 Å². The van der Waals surface area contributed by atoms with E-state index in [-0.39, 0.29) is 23.3 Å². The van der Waals surface area contributed by atoms with Gasteiger partial charge in [0.2, 0.25) is 5.91 Å². The Morgan fingerprint density at radius 3 is 2.76 bits per heavy atom. The molecule has 0 saturated heterocycles. The van der Waals surface area contributed by atoms with Crippen LogP contribution in [0.3, 0.4) is 0 Å². The van der Waals surface area contributed by atoms with Crippen molar-refractivity contribution in [3.05, 3.63) is 105 Å². The molecule has 1 N–H and O–H groups in total. The molecule has 3 heterocycles. The van der Waals surface area contributed by atoms with E-state index in [1.54, 1.807) is 24.4 Å². The molecule has 1 amide bonds. The summed E-state index contributed by atoms with van der Waals surface area (Å²) < 4.78 is 14.6. The van der Waals surface area contributed by atoms with Crippen molar-refractivity contribution in [1.82, 2.24) is 19.6 Å². The van der Waals surface area contributed by atoms with Crippen LogP contribution in [0.25, 0.3) is 4.96 Å². The van der Waals surface area contributed by atoms with Crippen molar-refractivity contribution in [2.45, 2.75) is 32.0 Å². The molecule has 2 aromatic heterocycles. The second-order valence-corrected chi connectivity index (χ2v) is 9.08. The van der Waals surface area contributed by atoms with E-state index >= 15 is 0 Å². The number of thiazole rings is 1. The standard InChI is InChI=1S/C25H23FN4O2S/c26-20-7-5-17(6-8-20)9-10-27-24(32)22-13-18-3-1-2-4-19(18)15-29(22)16-21-14-23(31)30-11-12-33-25(30)28-21/h1-8,11-12,14,22H,9-10,13,15-16H2,(H,27,32). The van der Waals surface area contributed by atoms with Crippen LogP contribution in [-0.2, 0) is 30.7 Å². The van der Waals surface area contributed by atoms with E-state index in [1.807, 2.05) is 17.5 Å². The molecule has 0 radical (unpaired) electrons. The highest BCUT2D eigenvalue weighted by Gasteiger charge is 2.31. The lowest BCUT2D eigenvalue weighted by atomic mass is 9.93. The van der Waals surface area contributed by atoms with E-state index in [0.717, 1.165) is 11.1 Å². The Balaban J connectivity index is 1.33. The zero-order valence-corrected chi connectivity index (χ0v) is 18.7. The van der Waals surface area contributed by atoms with Gasteiger partial charge in [-0.05, 0) is 41.7 Å². The van der Waals surface area contributed by atoms with Crippen molar-refractivity contribution in [2.24, 2.45) is 0 Å². The maximum absolute atomic E-state index is 13.2. The predicted molar refractivity (Wildman–Crippen MR) is 126 cm³/mol. The normalized spacial score (nSPS) is 16.0. The van der Waals surface area contributed by atoms with Crippen LogP contribution in [0.1, 0.15) is 22.4 Å². The molecular weight excluding hydrogens is 439 g/mol. The van der Waals surface area contributed by atoms with Gasteiger partial charge in [0.1, 0.15) is 5.82 Å². The molecule has 6 nitrogen and oxygen atoms in total. The number of halogens is 1. The number of carbonyl (C=O) groups is 1. The molecule has 1 aliphatic rings. The lowest BCUT2D eigenvalue weighted by Crippen LogP contribution is -2.50. The maximum Gasteiger partial charge on any atom is 0.258 e. The zero-order chi connectivity index (χ0) is 22.8. The Labute approximate surface area is 194 Å². The molecule has 0 saturated carbocycles. The van der Waals surface area contributed by atoms with Gasteiger partial charge in [0, 0.05) is 37.3 Å². The van der Waals surface area contributed by atoms with Crippen molar-refractivity contribution in [2.75, 3.05) is 6.54 Å². The number of benzene rings is 2. The predicted octanol–water partition coefficient (Wildman–Crippen LogP) is 3.18. The minimum absolute atomic E-state index is 0.0551. The summed E-state index contributed by atoms with van der Waals surface area (Å²) in [5.41, 5.74) is 3.85. The average Bonchev–Trinajstić information content (AvgIpc) is 3.29. The van der Waals surface area contributed by atoms with E-state index in [2.05, 4.69) is 27.3 Å². The van der Waals surface area contributed by atoms with Crippen LogP contribution in [0.15, 0.2) is 71.0 Å². The lowest BCUT2D eigenvalue weighted by Gasteiger charge is -2.35. The fourth-order valence-electron chi connectivity index (χ4n) is 4.28. The number of rotatable bonds is 6. The fraction of sp³-hybridized carbons (Fsp3) is 0.240. The number of nitrogens with zero attached hydrogens (tertiary/aromatic N) is 3. The number of amides is 1. The molecule has 168 valence electrons. The molecule has 0 spiro atoms. The van der Waals surface area contributed by atoms with Crippen LogP contribution in [0, 0.1) is 5.82 Å². The van der Waals surface area contributed by atoms with Gasteiger partial charge in [-0.3, -0.25) is 18.9 Å². The zero-order valence-electron chi connectivity index (χ0n) is 17.9. The first-order chi connectivity index (χ1) is 16.1. The Bertz CT molecular complexity index is 1350. The highest BCUT2D eigenvalue weighted by Crippen LogP contribution is 2.25. The molecule has 0 bridgehead atoms. The third kappa shape index (κ3) is 4.72. The summed E-state index contributed by atoms with van der Waals surface area (Å²) in [6.45, 7) is 1.49. The maximum atomic E-state index is 13.2. The summed E-state index contributed by atoms with van der Waals surface area (Å²) in [5.74, 6) is -0.325. The third-order valence-corrected chi connectivity index (χ3v) is 6.75. The van der Waals surface area contributed by atoms with Crippen molar-refractivity contribution >= 4 is 22.2 Å². The number of nitrogens with one attached hydrogen (secondary N) is 1. The Kier molecular flexibility index (Phi) is 6.02. The van der Waals surface area contributed by atoms with Gasteiger partial charge in [-0.25, -0.2) is 9.37 Å². The number of hydrogen-bond acceptors (Lipinski definition) is 5. The topological polar surface area (TPSA) is 66.7 Å². The van der Waals surface area contributed by atoms with Gasteiger partial charge >= 0.3 is 0 Å². The van der Waals surface area contributed by atoms with E-state index in [9.17, 15) is 14.0 Å². The van der Waals surface area contributed by atoms with Crippen molar-refractivity contribution in [1.29, 1.82) is 0 Å². The van der Waals surface area contributed by atoms with Crippen LogP contribution in [-0.4, -0.2) is 32.8 Å². The van der Waals surface area contributed by atoms with Crippen molar-refractivity contribution in [3.8, 4) is 0 Å². The molecule has 33 heavy (non-hydrogen) atoms. The smallest absolute Gasteiger partial charge is 0.258 e. The van der Waals surface area contributed by atoms with Crippen LogP contribution >= 0.6 is 11.3 Å². The van der Waals surface area contributed by atoms with E-state index < -0.39 is 0 Å². The second kappa shape index (κ2) is 9.25. The monoisotopic (exact) mass is 462 g/mol. The number of carbonyl (C=O) groups excluding carboxylic acids is 1.